The third kappa shape index (κ3) is 4.87. The first kappa shape index (κ1) is 31.4. The largest absolute Gasteiger partial charge is 0.300 e. The van der Waals surface area contributed by atoms with E-state index in [0.717, 1.165) is 43.7 Å². The van der Waals surface area contributed by atoms with E-state index in [-0.39, 0.29) is 5.41 Å². The Kier molecular flexibility index (Phi) is 7.01. The number of benzene rings is 5. The number of aromatic nitrogens is 3. The zero-order valence-corrected chi connectivity index (χ0v) is 30.4. The summed E-state index contributed by atoms with van der Waals surface area (Å²) in [7, 11) is 0. The minimum atomic E-state index is -0.191. The minimum Gasteiger partial charge on any atom is -0.300 e. The molecule has 0 unspecified atom stereocenters. The van der Waals surface area contributed by atoms with Gasteiger partial charge >= 0.3 is 0 Å². The van der Waals surface area contributed by atoms with Gasteiger partial charge in [-0.2, -0.15) is 0 Å². The Morgan fingerprint density at radius 3 is 2.19 bits per heavy atom. The van der Waals surface area contributed by atoms with E-state index < -0.39 is 0 Å². The van der Waals surface area contributed by atoms with Crippen molar-refractivity contribution in [3.8, 4) is 39.5 Å². The van der Waals surface area contributed by atoms with E-state index in [1.165, 1.54) is 53.6 Å². The predicted molar refractivity (Wildman–Crippen MR) is 226 cm³/mol. The highest BCUT2D eigenvalue weighted by molar-refractivity contribution is 7.25. The lowest BCUT2D eigenvalue weighted by Gasteiger charge is -2.35. The lowest BCUT2D eigenvalue weighted by Crippen LogP contribution is -2.26. The SMILES string of the molecule is C=c1ccccc(=C)c(-c2nc(-c3cccc(-c4ccc5c(c4)C(C)(C)c4cccc6c7c8ccccc8sc7n-5c46)c3)c3ccccc3n2)ccc1. The van der Waals surface area contributed by atoms with Gasteiger partial charge in [-0.05, 0) is 63.0 Å². The van der Waals surface area contributed by atoms with Crippen molar-refractivity contribution in [3.05, 3.63) is 173 Å². The number of hydrogen-bond donors (Lipinski definition) is 0. The molecule has 0 aliphatic carbocycles. The first-order chi connectivity index (χ1) is 25.9. The van der Waals surface area contributed by atoms with Crippen molar-refractivity contribution >= 4 is 66.6 Å². The van der Waals surface area contributed by atoms with Crippen LogP contribution < -0.4 is 10.4 Å². The summed E-state index contributed by atoms with van der Waals surface area (Å²) < 4.78 is 3.85. The molecule has 0 amide bonds. The number of nitrogens with zero attached hydrogens (tertiary/aromatic N) is 3. The molecule has 0 spiro atoms. The highest BCUT2D eigenvalue weighted by Gasteiger charge is 2.36. The Bertz CT molecular complexity index is 3150. The molecule has 0 fully saturated rings. The van der Waals surface area contributed by atoms with Gasteiger partial charge in [0.05, 0.1) is 22.4 Å². The molecule has 0 saturated heterocycles. The third-order valence-electron chi connectivity index (χ3n) is 10.8. The van der Waals surface area contributed by atoms with Crippen molar-refractivity contribution in [2.75, 3.05) is 0 Å². The molecule has 3 aromatic heterocycles. The Morgan fingerprint density at radius 1 is 0.585 bits per heavy atom. The van der Waals surface area contributed by atoms with Crippen LogP contribution in [0.1, 0.15) is 25.0 Å². The van der Waals surface area contributed by atoms with E-state index in [0.29, 0.717) is 5.82 Å². The fourth-order valence-corrected chi connectivity index (χ4v) is 9.42. The molecule has 1 aliphatic rings. The number of rotatable bonds is 3. The molecule has 1 aliphatic heterocycles. The minimum absolute atomic E-state index is 0.191. The molecular weight excluding hydrogens is 663 g/mol. The van der Waals surface area contributed by atoms with Crippen molar-refractivity contribution in [3.63, 3.8) is 0 Å². The van der Waals surface area contributed by atoms with Crippen molar-refractivity contribution in [2.24, 2.45) is 0 Å². The lowest BCUT2D eigenvalue weighted by molar-refractivity contribution is 0.630. The number of fused-ring (bicyclic) bond motifs is 8. The number of thiophene rings is 1. The summed E-state index contributed by atoms with van der Waals surface area (Å²) in [4.78, 5) is 11.6. The van der Waals surface area contributed by atoms with Crippen LogP contribution in [0.3, 0.4) is 0 Å². The van der Waals surface area contributed by atoms with Crippen molar-refractivity contribution in [1.29, 1.82) is 0 Å². The van der Waals surface area contributed by atoms with Crippen LogP contribution in [0.4, 0.5) is 0 Å². The van der Waals surface area contributed by atoms with Gasteiger partial charge in [0.25, 0.3) is 0 Å². The molecule has 0 N–H and O–H groups in total. The molecule has 4 heterocycles. The lowest BCUT2D eigenvalue weighted by atomic mass is 9.74. The van der Waals surface area contributed by atoms with Gasteiger partial charge in [0.1, 0.15) is 4.83 Å². The summed E-state index contributed by atoms with van der Waals surface area (Å²) in [6.07, 6.45) is 0. The van der Waals surface area contributed by atoms with Crippen LogP contribution in [0.2, 0.25) is 0 Å². The Balaban J connectivity index is 1.15. The second kappa shape index (κ2) is 11.8. The van der Waals surface area contributed by atoms with Crippen molar-refractivity contribution < 1.29 is 0 Å². The molecule has 53 heavy (non-hydrogen) atoms. The third-order valence-corrected chi connectivity index (χ3v) is 12.0. The summed E-state index contributed by atoms with van der Waals surface area (Å²) in [6.45, 7) is 13.2. The van der Waals surface area contributed by atoms with Gasteiger partial charge in [0, 0.05) is 42.8 Å². The van der Waals surface area contributed by atoms with Crippen LogP contribution in [0.5, 0.6) is 0 Å². The summed E-state index contributed by atoms with van der Waals surface area (Å²) in [5, 5.41) is 6.79. The molecule has 3 nitrogen and oxygen atoms in total. The smallest absolute Gasteiger partial charge is 0.161 e. The molecule has 0 saturated carbocycles. The summed E-state index contributed by atoms with van der Waals surface area (Å²) in [5.74, 6) is 0.637. The van der Waals surface area contributed by atoms with E-state index in [1.54, 1.807) is 0 Å². The zero-order valence-electron chi connectivity index (χ0n) is 29.6. The fraction of sp³-hybridized carbons (Fsp3) is 0.0612. The van der Waals surface area contributed by atoms with E-state index in [2.05, 4.69) is 135 Å². The van der Waals surface area contributed by atoms with Gasteiger partial charge in [0.2, 0.25) is 0 Å². The average Bonchev–Trinajstić information content (AvgIpc) is 3.72. The second-order valence-corrected chi connectivity index (χ2v) is 15.5. The molecule has 252 valence electrons. The highest BCUT2D eigenvalue weighted by Crippen LogP contribution is 2.51. The van der Waals surface area contributed by atoms with Crippen LogP contribution in [-0.4, -0.2) is 14.5 Å². The van der Waals surface area contributed by atoms with Crippen molar-refractivity contribution in [2.45, 2.75) is 19.3 Å². The summed E-state index contributed by atoms with van der Waals surface area (Å²) in [5.41, 5.74) is 11.1. The van der Waals surface area contributed by atoms with E-state index in [4.69, 9.17) is 9.97 Å². The molecule has 4 heteroatoms. The Hall–Kier alpha value is -6.36. The maximum absolute atomic E-state index is 5.26. The maximum Gasteiger partial charge on any atom is 0.161 e. The Labute approximate surface area is 311 Å². The molecule has 6 aromatic carbocycles. The normalized spacial score (nSPS) is 13.0. The topological polar surface area (TPSA) is 30.7 Å². The monoisotopic (exact) mass is 697 g/mol. The van der Waals surface area contributed by atoms with Crippen molar-refractivity contribution in [1.82, 2.24) is 14.5 Å². The summed E-state index contributed by atoms with van der Waals surface area (Å²) >= 11 is 1.89. The van der Waals surface area contributed by atoms with E-state index in [9.17, 15) is 0 Å². The highest BCUT2D eigenvalue weighted by atomic mass is 32.1. The maximum atomic E-state index is 5.26. The quantitative estimate of drug-likeness (QED) is 0.184. The molecule has 0 radical (unpaired) electrons. The van der Waals surface area contributed by atoms with Gasteiger partial charge < -0.3 is 4.57 Å². The van der Waals surface area contributed by atoms with E-state index >= 15 is 0 Å². The van der Waals surface area contributed by atoms with Crippen LogP contribution in [0.15, 0.2) is 152 Å². The molecule has 0 bridgehead atoms. The fourth-order valence-electron chi connectivity index (χ4n) is 8.18. The number of hydrogen-bond acceptors (Lipinski definition) is 3. The second-order valence-electron chi connectivity index (χ2n) is 14.4. The van der Waals surface area contributed by atoms with Gasteiger partial charge in [0.15, 0.2) is 5.82 Å². The predicted octanol–water partition coefficient (Wildman–Crippen LogP) is 11.5. The molecule has 9 aromatic rings. The van der Waals surface area contributed by atoms with Crippen LogP contribution >= 0.6 is 11.3 Å². The molecule has 0 atom stereocenters. The summed E-state index contributed by atoms with van der Waals surface area (Å²) in [6, 6.07) is 53.6. The molecular formula is C49H35N3S. The number of para-hydroxylation sites is 2. The molecule has 10 rings (SSSR count). The zero-order chi connectivity index (χ0) is 35.8. The standard InChI is InChI=1S/C49H35N3S/c1-30-14-5-6-16-31(2)35(21-11-15-30)47-50-41-24-9-7-19-36(41)45(51-47)34-18-12-17-32(28-34)33-26-27-42-40(29-33)49(3,4)39-23-13-22-38-44-37-20-8-10-25-43(37)53-48(44)52(42)46(38)39/h5-29H,1-2H2,3-4H3. The van der Waals surface area contributed by atoms with Crippen LogP contribution in [0.25, 0.3) is 94.7 Å². The van der Waals surface area contributed by atoms with Gasteiger partial charge in [-0.3, -0.25) is 0 Å². The first-order valence-electron chi connectivity index (χ1n) is 18.0. The van der Waals surface area contributed by atoms with Gasteiger partial charge in [-0.1, -0.05) is 148 Å². The van der Waals surface area contributed by atoms with Gasteiger partial charge in [-0.15, -0.1) is 11.3 Å². The Morgan fingerprint density at radius 2 is 1.28 bits per heavy atom. The van der Waals surface area contributed by atoms with Crippen LogP contribution in [-0.2, 0) is 5.41 Å². The van der Waals surface area contributed by atoms with E-state index in [1.807, 2.05) is 59.9 Å². The first-order valence-corrected chi connectivity index (χ1v) is 18.8. The van der Waals surface area contributed by atoms with Crippen LogP contribution in [0, 0.1) is 0 Å². The average molecular weight is 698 g/mol. The van der Waals surface area contributed by atoms with Gasteiger partial charge in [-0.25, -0.2) is 9.97 Å².